The second-order valence-electron chi connectivity index (χ2n) is 5.95. The molecule has 140 valence electrons. The summed E-state index contributed by atoms with van der Waals surface area (Å²) in [5.41, 5.74) is 5.34. The molecular formula is C16H19N3O6S. The summed E-state index contributed by atoms with van der Waals surface area (Å²) in [6, 6.07) is 5.84. The van der Waals surface area contributed by atoms with Gasteiger partial charge in [0.05, 0.1) is 12.0 Å². The van der Waals surface area contributed by atoms with Crippen molar-refractivity contribution in [3.63, 3.8) is 0 Å². The fourth-order valence-electron chi connectivity index (χ4n) is 2.91. The Morgan fingerprint density at radius 2 is 2.08 bits per heavy atom. The van der Waals surface area contributed by atoms with Crippen LogP contribution >= 0.6 is 0 Å². The van der Waals surface area contributed by atoms with Gasteiger partial charge >= 0.3 is 6.16 Å². The van der Waals surface area contributed by atoms with Gasteiger partial charge in [-0.2, -0.15) is 4.31 Å². The first-order valence-electron chi connectivity index (χ1n) is 7.93. The van der Waals surface area contributed by atoms with Crippen LogP contribution in [0.4, 0.5) is 4.79 Å². The quantitative estimate of drug-likeness (QED) is 0.764. The van der Waals surface area contributed by atoms with Gasteiger partial charge in [0, 0.05) is 36.1 Å². The standard InChI is InChI=1S/C16H19N3O6S/c1-24-16(21)25-10-18-7-6-12-13(15(18)20)3-2-4-14(12)26(22,23)19-8-5-11(17)9-19/h2-4,6-7,11H,5,8-10,17H2,1H3/t11-/m1/s1. The third-order valence-electron chi connectivity index (χ3n) is 4.27. The number of rotatable bonds is 4. The molecule has 1 aliphatic rings. The van der Waals surface area contributed by atoms with Crippen molar-refractivity contribution in [1.82, 2.24) is 8.87 Å². The largest absolute Gasteiger partial charge is 0.509 e. The van der Waals surface area contributed by atoms with Crippen molar-refractivity contribution in [3.8, 4) is 0 Å². The van der Waals surface area contributed by atoms with Gasteiger partial charge < -0.3 is 15.2 Å². The number of sulfonamides is 1. The second-order valence-corrected chi connectivity index (χ2v) is 7.85. The highest BCUT2D eigenvalue weighted by Crippen LogP contribution is 2.26. The van der Waals surface area contributed by atoms with E-state index in [0.29, 0.717) is 18.4 Å². The zero-order valence-electron chi connectivity index (χ0n) is 14.1. The van der Waals surface area contributed by atoms with Crippen LogP contribution < -0.4 is 11.3 Å². The zero-order valence-corrected chi connectivity index (χ0v) is 14.9. The van der Waals surface area contributed by atoms with E-state index in [-0.39, 0.29) is 29.6 Å². The van der Waals surface area contributed by atoms with Gasteiger partial charge in [-0.25, -0.2) is 13.2 Å². The first-order chi connectivity index (χ1) is 12.3. The van der Waals surface area contributed by atoms with Gasteiger partial charge in [-0.15, -0.1) is 0 Å². The maximum Gasteiger partial charge on any atom is 0.509 e. The number of methoxy groups -OCH3 is 1. The summed E-state index contributed by atoms with van der Waals surface area (Å²) in [6.07, 6.45) is 1.06. The SMILES string of the molecule is COC(=O)OCn1ccc2c(S(=O)(=O)N3CC[C@@H](N)C3)cccc2c1=O. The Bertz CT molecular complexity index is 1000. The minimum Gasteiger partial charge on any atom is -0.438 e. The molecule has 1 fully saturated rings. The molecule has 0 aliphatic carbocycles. The smallest absolute Gasteiger partial charge is 0.438 e. The number of hydrogen-bond donors (Lipinski definition) is 1. The van der Waals surface area contributed by atoms with Crippen molar-refractivity contribution in [3.05, 3.63) is 40.8 Å². The molecule has 26 heavy (non-hydrogen) atoms. The lowest BCUT2D eigenvalue weighted by atomic mass is 10.2. The Kier molecular flexibility index (Phi) is 4.99. The van der Waals surface area contributed by atoms with E-state index >= 15 is 0 Å². The zero-order chi connectivity index (χ0) is 18.9. The van der Waals surface area contributed by atoms with Crippen molar-refractivity contribution < 1.29 is 22.7 Å². The minimum atomic E-state index is -3.76. The number of fused-ring (bicyclic) bond motifs is 1. The maximum atomic E-state index is 12.9. The van der Waals surface area contributed by atoms with Crippen LogP contribution in [0, 0.1) is 0 Å². The van der Waals surface area contributed by atoms with E-state index in [9.17, 15) is 18.0 Å². The molecule has 2 N–H and O–H groups in total. The van der Waals surface area contributed by atoms with Gasteiger partial charge in [-0.1, -0.05) is 6.07 Å². The number of pyridine rings is 1. The molecule has 1 saturated heterocycles. The van der Waals surface area contributed by atoms with Crippen LogP contribution in [0.25, 0.3) is 10.8 Å². The van der Waals surface area contributed by atoms with E-state index in [4.69, 9.17) is 10.5 Å². The van der Waals surface area contributed by atoms with Crippen LogP contribution in [0.2, 0.25) is 0 Å². The van der Waals surface area contributed by atoms with Gasteiger partial charge in [0.1, 0.15) is 0 Å². The second kappa shape index (κ2) is 7.06. The molecule has 10 heteroatoms. The molecule has 2 heterocycles. The Morgan fingerprint density at radius 1 is 1.31 bits per heavy atom. The van der Waals surface area contributed by atoms with Gasteiger partial charge in [0.2, 0.25) is 10.0 Å². The number of aromatic nitrogens is 1. The van der Waals surface area contributed by atoms with Crippen LogP contribution in [-0.4, -0.2) is 49.7 Å². The van der Waals surface area contributed by atoms with E-state index in [1.165, 1.54) is 34.8 Å². The highest BCUT2D eigenvalue weighted by molar-refractivity contribution is 7.89. The van der Waals surface area contributed by atoms with E-state index in [2.05, 4.69) is 4.74 Å². The van der Waals surface area contributed by atoms with Gasteiger partial charge in [-0.3, -0.25) is 9.36 Å². The molecule has 1 aliphatic heterocycles. The van der Waals surface area contributed by atoms with Crippen molar-refractivity contribution >= 4 is 27.0 Å². The summed E-state index contributed by atoms with van der Waals surface area (Å²) in [5.74, 6) is 0. The Hall–Kier alpha value is -2.43. The third-order valence-corrected chi connectivity index (χ3v) is 6.20. The normalized spacial score (nSPS) is 18.2. The summed E-state index contributed by atoms with van der Waals surface area (Å²) in [6.45, 7) is 0.270. The fraction of sp³-hybridized carbons (Fsp3) is 0.375. The molecule has 0 saturated carbocycles. The number of benzene rings is 1. The summed E-state index contributed by atoms with van der Waals surface area (Å²) >= 11 is 0. The first kappa shape index (κ1) is 18.4. The molecule has 0 bridgehead atoms. The van der Waals surface area contributed by atoms with Crippen LogP contribution in [0.15, 0.2) is 40.2 Å². The van der Waals surface area contributed by atoms with Gasteiger partial charge in [0.15, 0.2) is 6.73 Å². The van der Waals surface area contributed by atoms with E-state index in [1.807, 2.05) is 0 Å². The molecule has 0 unspecified atom stereocenters. The van der Waals surface area contributed by atoms with Crippen molar-refractivity contribution in [2.45, 2.75) is 24.1 Å². The summed E-state index contributed by atoms with van der Waals surface area (Å²) in [4.78, 5) is 23.7. The molecule has 1 atom stereocenters. The molecule has 0 spiro atoms. The van der Waals surface area contributed by atoms with Crippen molar-refractivity contribution in [2.24, 2.45) is 5.73 Å². The Morgan fingerprint density at radius 3 is 2.73 bits per heavy atom. The Balaban J connectivity index is 2.03. The van der Waals surface area contributed by atoms with E-state index < -0.39 is 21.7 Å². The Labute approximate surface area is 150 Å². The molecular weight excluding hydrogens is 362 g/mol. The van der Waals surface area contributed by atoms with Crippen molar-refractivity contribution in [2.75, 3.05) is 20.2 Å². The average molecular weight is 381 g/mol. The number of carbonyl (C=O) groups is 1. The molecule has 0 radical (unpaired) electrons. The number of hydrogen-bond acceptors (Lipinski definition) is 7. The summed E-state index contributed by atoms with van der Waals surface area (Å²) in [7, 11) is -2.60. The number of nitrogens with two attached hydrogens (primary N) is 1. The molecule has 0 amide bonds. The van der Waals surface area contributed by atoms with Gasteiger partial charge in [0.25, 0.3) is 5.56 Å². The summed E-state index contributed by atoms with van der Waals surface area (Å²) in [5, 5.41) is 0.526. The van der Waals surface area contributed by atoms with Crippen molar-refractivity contribution in [1.29, 1.82) is 0 Å². The maximum absolute atomic E-state index is 12.9. The fourth-order valence-corrected chi connectivity index (χ4v) is 4.63. The summed E-state index contributed by atoms with van der Waals surface area (Å²) < 4.78 is 37.4. The number of nitrogens with zero attached hydrogens (tertiary/aromatic N) is 2. The van der Waals surface area contributed by atoms with Crippen LogP contribution in [0.1, 0.15) is 6.42 Å². The molecule has 3 rings (SSSR count). The lowest BCUT2D eigenvalue weighted by Gasteiger charge is -2.17. The highest BCUT2D eigenvalue weighted by Gasteiger charge is 2.32. The number of carbonyl (C=O) groups excluding carboxylic acids is 1. The topological polar surface area (TPSA) is 121 Å². The van der Waals surface area contributed by atoms with Crippen LogP contribution in [0.3, 0.4) is 0 Å². The average Bonchev–Trinajstić information content (AvgIpc) is 3.07. The third kappa shape index (κ3) is 3.30. The van der Waals surface area contributed by atoms with Crippen LogP contribution in [-0.2, 0) is 26.2 Å². The molecule has 1 aromatic heterocycles. The van der Waals surface area contributed by atoms with E-state index in [1.54, 1.807) is 0 Å². The number of ether oxygens (including phenoxy) is 2. The van der Waals surface area contributed by atoms with E-state index in [0.717, 1.165) is 11.7 Å². The first-order valence-corrected chi connectivity index (χ1v) is 9.37. The predicted octanol–water partition coefficient (Wildman–Crippen LogP) is 0.464. The molecule has 2 aromatic rings. The molecule has 1 aromatic carbocycles. The lowest BCUT2D eigenvalue weighted by Crippen LogP contribution is -2.32. The predicted molar refractivity (Wildman–Crippen MR) is 93.0 cm³/mol. The minimum absolute atomic E-state index is 0.0576. The lowest BCUT2D eigenvalue weighted by molar-refractivity contribution is 0.0477. The van der Waals surface area contributed by atoms with Crippen LogP contribution in [0.5, 0.6) is 0 Å². The van der Waals surface area contributed by atoms with Gasteiger partial charge in [-0.05, 0) is 24.6 Å². The highest BCUT2D eigenvalue weighted by atomic mass is 32.2. The monoisotopic (exact) mass is 381 g/mol. The molecule has 9 nitrogen and oxygen atoms in total.